The summed E-state index contributed by atoms with van der Waals surface area (Å²) in [5.74, 6) is 0.824. The van der Waals surface area contributed by atoms with Crippen LogP contribution in [0, 0.1) is 5.92 Å². The van der Waals surface area contributed by atoms with Crippen LogP contribution in [0.1, 0.15) is 56.5 Å². The summed E-state index contributed by atoms with van der Waals surface area (Å²) in [6.45, 7) is 9.37. The van der Waals surface area contributed by atoms with Gasteiger partial charge in [0.1, 0.15) is 11.4 Å². The highest BCUT2D eigenvalue weighted by Crippen LogP contribution is 2.44. The van der Waals surface area contributed by atoms with E-state index in [0.717, 1.165) is 19.4 Å². The molecule has 2 aromatic carbocycles. The average Bonchev–Trinajstić information content (AvgIpc) is 2.73. The number of ketones is 1. The van der Waals surface area contributed by atoms with Gasteiger partial charge in [0, 0.05) is 12.1 Å². The zero-order valence-corrected chi connectivity index (χ0v) is 17.1. The molecule has 0 amide bonds. The van der Waals surface area contributed by atoms with Crippen LogP contribution in [0.5, 0.6) is 11.5 Å². The van der Waals surface area contributed by atoms with Crippen LogP contribution in [-0.2, 0) is 0 Å². The third-order valence-corrected chi connectivity index (χ3v) is 5.74. The number of hydrogen-bond donors (Lipinski definition) is 3. The number of aromatic hydroxyl groups is 1. The highest BCUT2D eigenvalue weighted by Gasteiger charge is 2.40. The van der Waals surface area contributed by atoms with E-state index in [9.17, 15) is 9.90 Å². The van der Waals surface area contributed by atoms with Gasteiger partial charge in [-0.05, 0) is 31.4 Å². The molecule has 28 heavy (non-hydrogen) atoms. The molecule has 0 aliphatic carbocycles. The number of anilines is 1. The molecule has 3 rings (SSSR count). The van der Waals surface area contributed by atoms with E-state index in [0.29, 0.717) is 22.9 Å². The van der Waals surface area contributed by atoms with Gasteiger partial charge in [-0.2, -0.15) is 0 Å². The smallest absolute Gasteiger partial charge is 0.196 e. The number of phenolic OH excluding ortho intramolecular Hbond substituents is 1. The summed E-state index contributed by atoms with van der Waals surface area (Å²) in [4.78, 5) is 12.8. The van der Waals surface area contributed by atoms with E-state index < -0.39 is 5.54 Å². The van der Waals surface area contributed by atoms with Gasteiger partial charge < -0.3 is 15.2 Å². The van der Waals surface area contributed by atoms with Crippen LogP contribution in [-0.4, -0.2) is 29.2 Å². The van der Waals surface area contributed by atoms with E-state index in [1.165, 1.54) is 0 Å². The average molecular weight is 383 g/mol. The van der Waals surface area contributed by atoms with Crippen molar-refractivity contribution in [3.8, 4) is 11.5 Å². The molecule has 5 nitrogen and oxygen atoms in total. The summed E-state index contributed by atoms with van der Waals surface area (Å²) < 4.78 is 6.21. The Morgan fingerprint density at radius 3 is 2.61 bits per heavy atom. The minimum atomic E-state index is -0.410. The van der Waals surface area contributed by atoms with Crippen LogP contribution in [0.4, 0.5) is 5.69 Å². The summed E-state index contributed by atoms with van der Waals surface area (Å²) in [5, 5.41) is 17.8. The van der Waals surface area contributed by atoms with Gasteiger partial charge in [0.2, 0.25) is 0 Å². The summed E-state index contributed by atoms with van der Waals surface area (Å²) in [7, 11) is 0. The Morgan fingerprint density at radius 2 is 1.96 bits per heavy atom. The Labute approximate surface area is 167 Å². The van der Waals surface area contributed by atoms with Gasteiger partial charge in [0.15, 0.2) is 17.8 Å². The largest absolute Gasteiger partial charge is 0.505 e. The van der Waals surface area contributed by atoms with Crippen molar-refractivity contribution < 1.29 is 14.6 Å². The topological polar surface area (TPSA) is 70.6 Å². The quantitative estimate of drug-likeness (QED) is 0.484. The zero-order chi connectivity index (χ0) is 20.3. The monoisotopic (exact) mass is 382 g/mol. The zero-order valence-electron chi connectivity index (χ0n) is 17.1. The fourth-order valence-electron chi connectivity index (χ4n) is 3.32. The number of benzene rings is 2. The molecule has 3 unspecified atom stereocenters. The lowest BCUT2D eigenvalue weighted by atomic mass is 9.92. The van der Waals surface area contributed by atoms with Gasteiger partial charge in [-0.15, -0.1) is 0 Å². The Kier molecular flexibility index (Phi) is 5.94. The number of fused-ring (bicyclic) bond motifs is 1. The molecule has 0 saturated heterocycles. The maximum absolute atomic E-state index is 12.8. The molecule has 3 N–H and O–H groups in total. The number of hydrogen-bond acceptors (Lipinski definition) is 5. The SMILES string of the molecule is CCC(C)CNC1Oc2ccc(C(=O)c3ccccc3)c(O)c2NC1(C)CC. The number of carbonyl (C=O) groups excluding carboxylic acids is 1. The summed E-state index contributed by atoms with van der Waals surface area (Å²) in [6, 6.07) is 12.4. The van der Waals surface area contributed by atoms with Crippen LogP contribution in [0.15, 0.2) is 42.5 Å². The lowest BCUT2D eigenvalue weighted by Gasteiger charge is -2.44. The minimum absolute atomic E-state index is 0.0635. The first-order valence-corrected chi connectivity index (χ1v) is 10.0. The normalized spacial score (nSPS) is 21.9. The van der Waals surface area contributed by atoms with Crippen molar-refractivity contribution in [3.63, 3.8) is 0 Å². The molecule has 5 heteroatoms. The van der Waals surface area contributed by atoms with E-state index in [1.54, 1.807) is 24.3 Å². The molecule has 0 bridgehead atoms. The van der Waals surface area contributed by atoms with E-state index in [2.05, 4.69) is 38.3 Å². The lowest BCUT2D eigenvalue weighted by molar-refractivity contribution is 0.0799. The van der Waals surface area contributed by atoms with Gasteiger partial charge in [0.05, 0.1) is 11.1 Å². The number of rotatable bonds is 7. The van der Waals surface area contributed by atoms with Gasteiger partial charge in [-0.3, -0.25) is 10.1 Å². The number of phenols is 1. The second kappa shape index (κ2) is 8.23. The summed E-state index contributed by atoms with van der Waals surface area (Å²) >= 11 is 0. The molecule has 1 aliphatic heterocycles. The van der Waals surface area contributed by atoms with Crippen LogP contribution in [0.25, 0.3) is 0 Å². The molecule has 1 heterocycles. The second-order valence-electron chi connectivity index (χ2n) is 7.85. The summed E-state index contributed by atoms with van der Waals surface area (Å²) in [5.41, 5.74) is 0.880. The first-order chi connectivity index (χ1) is 13.4. The third kappa shape index (κ3) is 3.85. The maximum atomic E-state index is 12.8. The van der Waals surface area contributed by atoms with Crippen molar-refractivity contribution in [2.24, 2.45) is 5.92 Å². The molecule has 2 aromatic rings. The highest BCUT2D eigenvalue weighted by molar-refractivity contribution is 6.12. The second-order valence-corrected chi connectivity index (χ2v) is 7.85. The lowest BCUT2D eigenvalue weighted by Crippen LogP contribution is -2.59. The van der Waals surface area contributed by atoms with Gasteiger partial charge in [-0.25, -0.2) is 0 Å². The van der Waals surface area contributed by atoms with Crippen molar-refractivity contribution in [1.29, 1.82) is 0 Å². The Hall–Kier alpha value is -2.53. The molecule has 0 saturated carbocycles. The van der Waals surface area contributed by atoms with Crippen LogP contribution in [0.3, 0.4) is 0 Å². The Bertz CT molecular complexity index is 837. The number of ether oxygens (including phenoxy) is 1. The predicted octanol–water partition coefficient (Wildman–Crippen LogP) is 4.56. The summed E-state index contributed by atoms with van der Waals surface area (Å²) in [6.07, 6.45) is 1.66. The molecule has 3 atom stereocenters. The van der Waals surface area contributed by atoms with Crippen molar-refractivity contribution in [3.05, 3.63) is 53.6 Å². The van der Waals surface area contributed by atoms with Crippen LogP contribution < -0.4 is 15.4 Å². The van der Waals surface area contributed by atoms with Gasteiger partial charge >= 0.3 is 0 Å². The third-order valence-electron chi connectivity index (χ3n) is 5.74. The van der Waals surface area contributed by atoms with Crippen molar-refractivity contribution in [1.82, 2.24) is 5.32 Å². The molecule has 150 valence electrons. The number of carbonyl (C=O) groups is 1. The molecule has 0 fully saturated rings. The molecule has 0 radical (unpaired) electrons. The number of nitrogens with one attached hydrogen (secondary N) is 2. The maximum Gasteiger partial charge on any atom is 0.196 e. The van der Waals surface area contributed by atoms with Crippen molar-refractivity contribution >= 4 is 11.5 Å². The predicted molar refractivity (Wildman–Crippen MR) is 112 cm³/mol. The van der Waals surface area contributed by atoms with Crippen molar-refractivity contribution in [2.45, 2.75) is 52.3 Å². The van der Waals surface area contributed by atoms with Gasteiger partial charge in [0.25, 0.3) is 0 Å². The Morgan fingerprint density at radius 1 is 1.25 bits per heavy atom. The fraction of sp³-hybridized carbons (Fsp3) is 0.435. The Balaban J connectivity index is 1.91. The molecule has 1 aliphatic rings. The fourth-order valence-corrected chi connectivity index (χ4v) is 3.32. The minimum Gasteiger partial charge on any atom is -0.505 e. The van der Waals surface area contributed by atoms with Crippen LogP contribution >= 0.6 is 0 Å². The molecular weight excluding hydrogens is 352 g/mol. The first kappa shape index (κ1) is 20.2. The van der Waals surface area contributed by atoms with Gasteiger partial charge in [-0.1, -0.05) is 57.5 Å². The van der Waals surface area contributed by atoms with E-state index in [1.807, 2.05) is 18.2 Å². The van der Waals surface area contributed by atoms with E-state index in [4.69, 9.17) is 4.74 Å². The van der Waals surface area contributed by atoms with Crippen molar-refractivity contribution in [2.75, 3.05) is 11.9 Å². The van der Waals surface area contributed by atoms with E-state index in [-0.39, 0.29) is 23.3 Å². The standard InChI is InChI=1S/C23H30N2O3/c1-5-15(3)14-24-22-23(4,6-2)25-19-18(28-22)13-12-17(21(19)27)20(26)16-10-8-7-9-11-16/h7-13,15,22,24-25,27H,5-6,14H2,1-4H3. The van der Waals surface area contributed by atoms with Crippen LogP contribution in [0.2, 0.25) is 0 Å². The molecule has 0 spiro atoms. The van der Waals surface area contributed by atoms with E-state index >= 15 is 0 Å². The first-order valence-electron chi connectivity index (χ1n) is 10.0. The highest BCUT2D eigenvalue weighted by atomic mass is 16.5. The molecule has 0 aromatic heterocycles. The molecular formula is C23H30N2O3.